The van der Waals surface area contributed by atoms with Gasteiger partial charge in [0.25, 0.3) is 5.91 Å². The van der Waals surface area contributed by atoms with Crippen molar-refractivity contribution in [1.29, 1.82) is 0 Å². The number of aromatic nitrogens is 1. The van der Waals surface area contributed by atoms with Crippen LogP contribution in [0.4, 0.5) is 0 Å². The number of nitrogens with one attached hydrogen (secondary N) is 1. The van der Waals surface area contributed by atoms with E-state index in [-0.39, 0.29) is 5.91 Å². The molecule has 1 aliphatic heterocycles. The lowest BCUT2D eigenvalue weighted by Crippen LogP contribution is -2.35. The first kappa shape index (κ1) is 16.4. The van der Waals surface area contributed by atoms with E-state index >= 15 is 0 Å². The fourth-order valence-electron chi connectivity index (χ4n) is 2.28. The van der Waals surface area contributed by atoms with Crippen LogP contribution >= 0.6 is 11.3 Å². The number of hydrogen-bond acceptors (Lipinski definition) is 5. The predicted octanol–water partition coefficient (Wildman–Crippen LogP) is 2.29. The van der Waals surface area contributed by atoms with Crippen LogP contribution in [0.1, 0.15) is 48.1 Å². The van der Waals surface area contributed by atoms with Crippen molar-refractivity contribution < 1.29 is 9.53 Å². The Morgan fingerprint density at radius 3 is 2.95 bits per heavy atom. The molecule has 1 aromatic rings. The van der Waals surface area contributed by atoms with Crippen LogP contribution < -0.4 is 5.32 Å². The van der Waals surface area contributed by atoms with Crippen molar-refractivity contribution in [2.24, 2.45) is 0 Å². The highest BCUT2D eigenvalue weighted by atomic mass is 32.1. The average Bonchev–Trinajstić information content (AvgIpc) is 2.96. The third kappa shape index (κ3) is 5.73. The molecule has 2 heterocycles. The van der Waals surface area contributed by atoms with Gasteiger partial charge >= 0.3 is 0 Å². The number of carbonyl (C=O) groups is 1. The highest BCUT2D eigenvalue weighted by molar-refractivity contribution is 7.09. The standard InChI is InChI=1S/C15H25N3O2S/c1-2-3-4-5-6-16-15(19)13-12-21-14(17-13)11-18-7-9-20-10-8-18/h12H,2-11H2,1H3,(H,16,19). The number of morpholine rings is 1. The molecule has 1 aliphatic rings. The van der Waals surface area contributed by atoms with E-state index in [9.17, 15) is 4.79 Å². The van der Waals surface area contributed by atoms with Crippen molar-refractivity contribution in [2.75, 3.05) is 32.8 Å². The minimum Gasteiger partial charge on any atom is -0.379 e. The number of nitrogens with zero attached hydrogens (tertiary/aromatic N) is 2. The predicted molar refractivity (Wildman–Crippen MR) is 84.7 cm³/mol. The molecule has 2 rings (SSSR count). The van der Waals surface area contributed by atoms with Gasteiger partial charge in [-0.25, -0.2) is 4.98 Å². The molecule has 0 aliphatic carbocycles. The van der Waals surface area contributed by atoms with Gasteiger partial charge < -0.3 is 10.1 Å². The van der Waals surface area contributed by atoms with Gasteiger partial charge in [-0.1, -0.05) is 26.2 Å². The SMILES string of the molecule is CCCCCCNC(=O)c1csc(CN2CCOCC2)n1. The summed E-state index contributed by atoms with van der Waals surface area (Å²) in [5, 5.41) is 5.81. The number of hydrogen-bond donors (Lipinski definition) is 1. The third-order valence-electron chi connectivity index (χ3n) is 3.56. The summed E-state index contributed by atoms with van der Waals surface area (Å²) in [5.41, 5.74) is 0.554. The number of rotatable bonds is 8. The molecule has 5 nitrogen and oxygen atoms in total. The second-order valence-corrected chi connectivity index (χ2v) is 6.27. The first-order valence-corrected chi connectivity index (χ1v) is 8.70. The molecule has 0 bridgehead atoms. The molecule has 6 heteroatoms. The Bertz CT molecular complexity index is 430. The number of carbonyl (C=O) groups excluding carboxylic acids is 1. The first-order valence-electron chi connectivity index (χ1n) is 7.82. The van der Waals surface area contributed by atoms with Gasteiger partial charge in [-0.3, -0.25) is 9.69 Å². The van der Waals surface area contributed by atoms with Gasteiger partial charge in [-0.2, -0.15) is 0 Å². The molecule has 1 amide bonds. The quantitative estimate of drug-likeness (QED) is 0.748. The lowest BCUT2D eigenvalue weighted by molar-refractivity contribution is 0.0341. The summed E-state index contributed by atoms with van der Waals surface area (Å²) in [5.74, 6) is -0.0454. The second kappa shape index (κ2) is 9.12. The van der Waals surface area contributed by atoms with Crippen LogP contribution in [0.15, 0.2) is 5.38 Å². The van der Waals surface area contributed by atoms with Crippen LogP contribution in [0.5, 0.6) is 0 Å². The molecule has 0 radical (unpaired) electrons. The Kier molecular flexibility index (Phi) is 7.12. The Labute approximate surface area is 130 Å². The van der Waals surface area contributed by atoms with Crippen LogP contribution in [0, 0.1) is 0 Å². The van der Waals surface area contributed by atoms with E-state index in [4.69, 9.17) is 4.74 Å². The zero-order chi connectivity index (χ0) is 14.9. The van der Waals surface area contributed by atoms with Crippen LogP contribution in [0.25, 0.3) is 0 Å². The highest BCUT2D eigenvalue weighted by Crippen LogP contribution is 2.13. The Morgan fingerprint density at radius 1 is 1.38 bits per heavy atom. The van der Waals surface area contributed by atoms with Crippen molar-refractivity contribution in [3.8, 4) is 0 Å². The van der Waals surface area contributed by atoms with Crippen LogP contribution in [-0.2, 0) is 11.3 Å². The monoisotopic (exact) mass is 311 g/mol. The molecule has 118 valence electrons. The van der Waals surface area contributed by atoms with Gasteiger partial charge in [0.15, 0.2) is 0 Å². The Morgan fingerprint density at radius 2 is 2.19 bits per heavy atom. The summed E-state index contributed by atoms with van der Waals surface area (Å²) < 4.78 is 5.33. The van der Waals surface area contributed by atoms with Crippen LogP contribution in [0.2, 0.25) is 0 Å². The highest BCUT2D eigenvalue weighted by Gasteiger charge is 2.15. The van der Waals surface area contributed by atoms with E-state index in [1.54, 1.807) is 11.3 Å². The third-order valence-corrected chi connectivity index (χ3v) is 4.40. The number of ether oxygens (including phenoxy) is 1. The minimum atomic E-state index is -0.0454. The summed E-state index contributed by atoms with van der Waals surface area (Å²) in [4.78, 5) is 18.7. The molecule has 21 heavy (non-hydrogen) atoms. The van der Waals surface area contributed by atoms with E-state index < -0.39 is 0 Å². The molecular weight excluding hydrogens is 286 g/mol. The van der Waals surface area contributed by atoms with E-state index in [2.05, 4.69) is 22.1 Å². The number of unbranched alkanes of at least 4 members (excludes halogenated alkanes) is 3. The fraction of sp³-hybridized carbons (Fsp3) is 0.733. The van der Waals surface area contributed by atoms with Gasteiger partial charge in [-0.15, -0.1) is 11.3 Å². The van der Waals surface area contributed by atoms with Gasteiger partial charge in [0, 0.05) is 25.0 Å². The Hall–Kier alpha value is -0.980. The van der Waals surface area contributed by atoms with E-state index in [1.165, 1.54) is 19.3 Å². The van der Waals surface area contributed by atoms with E-state index in [0.717, 1.165) is 50.8 Å². The van der Waals surface area contributed by atoms with Gasteiger partial charge in [0.1, 0.15) is 10.7 Å². The fourth-order valence-corrected chi connectivity index (χ4v) is 3.10. The van der Waals surface area contributed by atoms with E-state index in [1.807, 2.05) is 5.38 Å². The Balaban J connectivity index is 1.72. The maximum Gasteiger partial charge on any atom is 0.270 e. The summed E-state index contributed by atoms with van der Waals surface area (Å²) >= 11 is 1.56. The van der Waals surface area contributed by atoms with Gasteiger partial charge in [0.05, 0.1) is 19.8 Å². The largest absolute Gasteiger partial charge is 0.379 e. The minimum absolute atomic E-state index is 0.0454. The topological polar surface area (TPSA) is 54.5 Å². The van der Waals surface area contributed by atoms with Crippen molar-refractivity contribution in [3.05, 3.63) is 16.1 Å². The summed E-state index contributed by atoms with van der Waals surface area (Å²) in [6.07, 6.45) is 4.67. The van der Waals surface area contributed by atoms with Gasteiger partial charge in [-0.05, 0) is 6.42 Å². The molecule has 0 aromatic carbocycles. The summed E-state index contributed by atoms with van der Waals surface area (Å²) in [6.45, 7) is 7.21. The molecule has 1 saturated heterocycles. The van der Waals surface area contributed by atoms with E-state index in [0.29, 0.717) is 5.69 Å². The molecule has 1 fully saturated rings. The molecule has 1 aromatic heterocycles. The molecule has 1 N–H and O–H groups in total. The van der Waals surface area contributed by atoms with Crippen molar-refractivity contribution in [2.45, 2.75) is 39.2 Å². The first-order chi connectivity index (χ1) is 10.3. The van der Waals surface area contributed by atoms with Gasteiger partial charge in [0.2, 0.25) is 0 Å². The lowest BCUT2D eigenvalue weighted by Gasteiger charge is -2.25. The zero-order valence-corrected chi connectivity index (χ0v) is 13.6. The molecule has 0 unspecified atom stereocenters. The molecule has 0 saturated carbocycles. The molecule has 0 atom stereocenters. The number of thiazole rings is 1. The molecule has 0 spiro atoms. The van der Waals surface area contributed by atoms with Crippen molar-refractivity contribution in [3.63, 3.8) is 0 Å². The summed E-state index contributed by atoms with van der Waals surface area (Å²) in [6, 6.07) is 0. The van der Waals surface area contributed by atoms with Crippen molar-refractivity contribution in [1.82, 2.24) is 15.2 Å². The maximum absolute atomic E-state index is 12.0. The smallest absolute Gasteiger partial charge is 0.270 e. The average molecular weight is 311 g/mol. The maximum atomic E-state index is 12.0. The molecular formula is C15H25N3O2S. The van der Waals surface area contributed by atoms with Crippen LogP contribution in [0.3, 0.4) is 0 Å². The second-order valence-electron chi connectivity index (χ2n) is 5.33. The van der Waals surface area contributed by atoms with Crippen molar-refractivity contribution >= 4 is 17.2 Å². The summed E-state index contributed by atoms with van der Waals surface area (Å²) in [7, 11) is 0. The zero-order valence-electron chi connectivity index (χ0n) is 12.8. The number of amides is 1. The normalized spacial score (nSPS) is 16.0. The lowest BCUT2D eigenvalue weighted by atomic mass is 10.2. The van der Waals surface area contributed by atoms with Crippen LogP contribution in [-0.4, -0.2) is 48.6 Å².